The van der Waals surface area contributed by atoms with Gasteiger partial charge in [0.05, 0.1) is 17.0 Å². The van der Waals surface area contributed by atoms with E-state index in [0.717, 1.165) is 12.1 Å². The fraction of sp³-hybridized carbons (Fsp3) is 0.364. The second kappa shape index (κ2) is 6.52. The summed E-state index contributed by atoms with van der Waals surface area (Å²) in [6.07, 6.45) is -6.29. The van der Waals surface area contributed by atoms with Crippen LogP contribution in [0.1, 0.15) is 23.2 Å². The first-order valence-corrected chi connectivity index (χ1v) is 7.63. The van der Waals surface area contributed by atoms with E-state index >= 15 is 0 Å². The van der Waals surface area contributed by atoms with Gasteiger partial charge in [0.1, 0.15) is 0 Å². The number of halogens is 4. The molecule has 10 heteroatoms. The highest BCUT2D eigenvalue weighted by molar-refractivity contribution is 7.92. The lowest BCUT2D eigenvalue weighted by Crippen LogP contribution is -2.20. The average Bonchev–Trinajstić information content (AvgIpc) is 2.28. The van der Waals surface area contributed by atoms with Gasteiger partial charge in [0.15, 0.2) is 0 Å². The maximum absolute atomic E-state index is 12.0. The van der Waals surface area contributed by atoms with E-state index in [-0.39, 0.29) is 16.3 Å². The summed E-state index contributed by atoms with van der Waals surface area (Å²) in [5, 5.41) is 9.02. The molecule has 0 aliphatic heterocycles. The molecule has 0 unspecified atom stereocenters. The molecule has 21 heavy (non-hydrogen) atoms. The number of carbonyl (C=O) groups is 1. The molecular formula is C11H11ClF3NO4S. The third-order valence-electron chi connectivity index (χ3n) is 2.35. The molecule has 5 nitrogen and oxygen atoms in total. The van der Waals surface area contributed by atoms with Gasteiger partial charge in [-0.05, 0) is 24.6 Å². The van der Waals surface area contributed by atoms with E-state index in [4.69, 9.17) is 16.7 Å². The molecule has 1 rings (SSSR count). The summed E-state index contributed by atoms with van der Waals surface area (Å²) in [5.74, 6) is -2.18. The first kappa shape index (κ1) is 17.6. The van der Waals surface area contributed by atoms with Crippen LogP contribution in [0.3, 0.4) is 0 Å². The predicted octanol–water partition coefficient (Wildman–Crippen LogP) is 3.12. The van der Waals surface area contributed by atoms with Gasteiger partial charge >= 0.3 is 12.1 Å². The first-order chi connectivity index (χ1) is 9.50. The summed E-state index contributed by atoms with van der Waals surface area (Å²) in [7, 11) is -4.08. The van der Waals surface area contributed by atoms with E-state index in [1.54, 1.807) is 0 Å². The fourth-order valence-corrected chi connectivity index (χ4v) is 2.78. The van der Waals surface area contributed by atoms with E-state index in [1.807, 2.05) is 4.72 Å². The maximum Gasteiger partial charge on any atom is 0.389 e. The van der Waals surface area contributed by atoms with Gasteiger partial charge in [-0.25, -0.2) is 13.2 Å². The van der Waals surface area contributed by atoms with E-state index in [9.17, 15) is 26.4 Å². The van der Waals surface area contributed by atoms with Gasteiger partial charge in [0, 0.05) is 11.4 Å². The van der Waals surface area contributed by atoms with Crippen LogP contribution in [0, 0.1) is 0 Å². The van der Waals surface area contributed by atoms with Crippen LogP contribution < -0.4 is 4.72 Å². The number of carboxylic acids is 1. The highest BCUT2D eigenvalue weighted by Gasteiger charge is 2.27. The second-order valence-electron chi connectivity index (χ2n) is 4.13. The van der Waals surface area contributed by atoms with Crippen LogP contribution in [0.2, 0.25) is 5.02 Å². The number of hydrogen-bond donors (Lipinski definition) is 2. The molecule has 118 valence electrons. The van der Waals surface area contributed by atoms with Crippen molar-refractivity contribution in [2.45, 2.75) is 19.0 Å². The summed E-state index contributed by atoms with van der Waals surface area (Å²) in [6, 6.07) is 3.44. The van der Waals surface area contributed by atoms with Gasteiger partial charge in [-0.2, -0.15) is 13.2 Å². The quantitative estimate of drug-likeness (QED) is 0.829. The Bertz CT molecular complexity index is 631. The van der Waals surface area contributed by atoms with Crippen molar-refractivity contribution in [1.29, 1.82) is 0 Å². The lowest BCUT2D eigenvalue weighted by Gasteiger charge is -2.11. The Morgan fingerprint density at radius 3 is 2.48 bits per heavy atom. The molecule has 0 amide bonds. The number of alkyl halides is 3. The van der Waals surface area contributed by atoms with E-state index in [2.05, 4.69) is 0 Å². The molecule has 0 saturated carbocycles. The lowest BCUT2D eigenvalue weighted by atomic mass is 10.2. The lowest BCUT2D eigenvalue weighted by molar-refractivity contribution is -0.134. The Kier molecular flexibility index (Phi) is 5.46. The predicted molar refractivity (Wildman–Crippen MR) is 71.1 cm³/mol. The smallest absolute Gasteiger partial charge is 0.389 e. The number of nitrogens with one attached hydrogen (secondary N) is 1. The van der Waals surface area contributed by atoms with Crippen LogP contribution in [-0.2, 0) is 10.0 Å². The molecule has 0 bridgehead atoms. The number of aromatic carboxylic acids is 1. The molecule has 0 radical (unpaired) electrons. The number of anilines is 1. The molecule has 0 aromatic heterocycles. The van der Waals surface area contributed by atoms with Crippen LogP contribution in [-0.4, -0.2) is 31.4 Å². The van der Waals surface area contributed by atoms with Crippen LogP contribution >= 0.6 is 11.6 Å². The number of carboxylic acid groups (broad SMARTS) is 1. The van der Waals surface area contributed by atoms with Crippen molar-refractivity contribution < 1.29 is 31.5 Å². The average molecular weight is 346 g/mol. The summed E-state index contributed by atoms with van der Waals surface area (Å²) in [4.78, 5) is 11.0. The van der Waals surface area contributed by atoms with Crippen LogP contribution in [0.5, 0.6) is 0 Å². The third kappa shape index (κ3) is 6.21. The molecule has 2 N–H and O–H groups in total. The number of rotatable bonds is 6. The normalized spacial score (nSPS) is 12.2. The van der Waals surface area contributed by atoms with Crippen LogP contribution in [0.25, 0.3) is 0 Å². The van der Waals surface area contributed by atoms with Crippen LogP contribution in [0.4, 0.5) is 18.9 Å². The second-order valence-corrected chi connectivity index (χ2v) is 6.41. The molecule has 0 heterocycles. The molecular weight excluding hydrogens is 335 g/mol. The fourth-order valence-electron chi connectivity index (χ4n) is 1.46. The van der Waals surface area contributed by atoms with E-state index in [1.165, 1.54) is 6.07 Å². The zero-order valence-corrected chi connectivity index (χ0v) is 12.0. The topological polar surface area (TPSA) is 83.5 Å². The van der Waals surface area contributed by atoms with E-state index < -0.39 is 40.8 Å². The zero-order chi connectivity index (χ0) is 16.3. The minimum absolute atomic E-state index is 0.0902. The van der Waals surface area contributed by atoms with Gasteiger partial charge in [0.2, 0.25) is 10.0 Å². The highest BCUT2D eigenvalue weighted by Crippen LogP contribution is 2.24. The summed E-state index contributed by atoms with van der Waals surface area (Å²) in [5.41, 5.74) is -0.638. The molecule has 0 aliphatic rings. The van der Waals surface area contributed by atoms with Crippen molar-refractivity contribution in [2.24, 2.45) is 0 Å². The van der Waals surface area contributed by atoms with Crippen molar-refractivity contribution in [3.8, 4) is 0 Å². The molecule has 0 fully saturated rings. The molecule has 1 aromatic rings. The number of hydrogen-bond acceptors (Lipinski definition) is 3. The molecule has 0 spiro atoms. The van der Waals surface area contributed by atoms with Gasteiger partial charge in [-0.1, -0.05) is 11.6 Å². The zero-order valence-electron chi connectivity index (χ0n) is 10.4. The molecule has 0 aliphatic carbocycles. The van der Waals surface area contributed by atoms with Crippen molar-refractivity contribution in [2.75, 3.05) is 10.5 Å². The van der Waals surface area contributed by atoms with Crippen molar-refractivity contribution in [3.05, 3.63) is 28.8 Å². The van der Waals surface area contributed by atoms with Gasteiger partial charge in [0.25, 0.3) is 0 Å². The monoisotopic (exact) mass is 345 g/mol. The Hall–Kier alpha value is -1.48. The number of sulfonamides is 1. The van der Waals surface area contributed by atoms with Gasteiger partial charge < -0.3 is 5.11 Å². The maximum atomic E-state index is 12.0. The van der Waals surface area contributed by atoms with Crippen molar-refractivity contribution in [3.63, 3.8) is 0 Å². The van der Waals surface area contributed by atoms with Crippen molar-refractivity contribution >= 4 is 33.3 Å². The van der Waals surface area contributed by atoms with Gasteiger partial charge in [-0.3, -0.25) is 4.72 Å². The van der Waals surface area contributed by atoms with Crippen molar-refractivity contribution in [1.82, 2.24) is 0 Å². The minimum Gasteiger partial charge on any atom is -0.478 e. The Balaban J connectivity index is 2.83. The summed E-state index contributed by atoms with van der Waals surface area (Å²) < 4.78 is 61.1. The van der Waals surface area contributed by atoms with E-state index in [0.29, 0.717) is 0 Å². The Morgan fingerprint density at radius 2 is 1.95 bits per heavy atom. The highest BCUT2D eigenvalue weighted by atomic mass is 35.5. The Labute approximate surface area is 123 Å². The minimum atomic E-state index is -4.44. The molecule has 1 aromatic carbocycles. The molecule has 0 saturated heterocycles. The Morgan fingerprint density at radius 1 is 1.33 bits per heavy atom. The molecule has 0 atom stereocenters. The summed E-state index contributed by atoms with van der Waals surface area (Å²) in [6.45, 7) is 0. The third-order valence-corrected chi connectivity index (χ3v) is 3.94. The van der Waals surface area contributed by atoms with Crippen LogP contribution in [0.15, 0.2) is 18.2 Å². The number of benzene rings is 1. The largest absolute Gasteiger partial charge is 0.478 e. The summed E-state index contributed by atoms with van der Waals surface area (Å²) >= 11 is 5.60. The first-order valence-electron chi connectivity index (χ1n) is 5.60. The standard InChI is InChI=1S/C11H11ClF3NO4S/c12-7-2-3-9(8(6-7)10(17)18)16-21(19,20)5-1-4-11(13,14)15/h2-3,6,16H,1,4-5H2,(H,17,18). The van der Waals surface area contributed by atoms with Gasteiger partial charge in [-0.15, -0.1) is 0 Å². The SMILES string of the molecule is O=C(O)c1cc(Cl)ccc1NS(=O)(=O)CCCC(F)(F)F.